The normalized spacial score (nSPS) is 27.4. The van der Waals surface area contributed by atoms with E-state index in [4.69, 9.17) is 19.9 Å². The molecular weight excluding hydrogens is 342 g/mol. The molecule has 0 bridgehead atoms. The third-order valence-electron chi connectivity index (χ3n) is 4.46. The first-order chi connectivity index (χ1) is 11.6. The van der Waals surface area contributed by atoms with Crippen LogP contribution in [0.4, 0.5) is 0 Å². The highest BCUT2D eigenvalue weighted by Gasteiger charge is 2.33. The molecule has 6 heteroatoms. The average Bonchev–Trinajstić information content (AvgIpc) is 2.63. The van der Waals surface area contributed by atoms with Crippen molar-refractivity contribution >= 4 is 18.4 Å². The molecule has 1 fully saturated rings. The number of rotatable bonds is 6. The van der Waals surface area contributed by atoms with E-state index in [9.17, 15) is 4.79 Å². The van der Waals surface area contributed by atoms with Crippen molar-refractivity contribution in [1.29, 1.82) is 0 Å². The van der Waals surface area contributed by atoms with Gasteiger partial charge in [-0.25, -0.2) is 0 Å². The summed E-state index contributed by atoms with van der Waals surface area (Å²) in [6.45, 7) is 5.19. The lowest BCUT2D eigenvalue weighted by molar-refractivity contribution is -0.155. The van der Waals surface area contributed by atoms with E-state index in [1.54, 1.807) is 0 Å². The highest BCUT2D eigenvalue weighted by molar-refractivity contribution is 5.85. The smallest absolute Gasteiger partial charge is 0.325 e. The molecule has 0 unspecified atom stereocenters. The van der Waals surface area contributed by atoms with Gasteiger partial charge in [0.2, 0.25) is 0 Å². The Labute approximate surface area is 156 Å². The summed E-state index contributed by atoms with van der Waals surface area (Å²) in [5.41, 5.74) is 6.91. The highest BCUT2D eigenvalue weighted by Crippen LogP contribution is 2.25. The summed E-state index contributed by atoms with van der Waals surface area (Å²) in [4.78, 5) is 12.0. The molecule has 1 aliphatic heterocycles. The molecule has 1 saturated heterocycles. The predicted molar refractivity (Wildman–Crippen MR) is 99.6 cm³/mol. The van der Waals surface area contributed by atoms with Gasteiger partial charge >= 0.3 is 5.97 Å². The second kappa shape index (κ2) is 11.5. The maximum Gasteiger partial charge on any atom is 0.325 e. The van der Waals surface area contributed by atoms with Gasteiger partial charge in [-0.05, 0) is 18.9 Å². The third kappa shape index (κ3) is 6.94. The number of ether oxygens (including phenoxy) is 3. The summed E-state index contributed by atoms with van der Waals surface area (Å²) in [6.07, 6.45) is 2.72. The van der Waals surface area contributed by atoms with Crippen LogP contribution in [-0.2, 0) is 25.6 Å². The van der Waals surface area contributed by atoms with E-state index < -0.39 is 12.0 Å². The number of cyclic esters (lactones) is 1. The zero-order valence-corrected chi connectivity index (χ0v) is 15.9. The van der Waals surface area contributed by atoms with E-state index in [2.05, 4.69) is 6.92 Å². The standard InChI is InChI=1S/C19H29NO4.ClH/c1-3-4-10-16-14(2)24-19(21)17(20)12-22-13-18(16)23-11-15-8-6-5-7-9-15;/h5-9,14,16-18H,3-4,10-13,20H2,1-2H3;1H/t14-,16-,17-,18-;/m0./s1. The summed E-state index contributed by atoms with van der Waals surface area (Å²) in [5.74, 6) is -0.296. The van der Waals surface area contributed by atoms with Crippen LogP contribution >= 0.6 is 12.4 Å². The summed E-state index contributed by atoms with van der Waals surface area (Å²) in [5, 5.41) is 0. The van der Waals surface area contributed by atoms with E-state index in [1.165, 1.54) is 0 Å². The molecule has 0 amide bonds. The lowest BCUT2D eigenvalue weighted by Crippen LogP contribution is -2.39. The number of esters is 1. The maximum atomic E-state index is 12.0. The molecule has 0 aliphatic carbocycles. The first-order valence-corrected chi connectivity index (χ1v) is 8.81. The van der Waals surface area contributed by atoms with Gasteiger partial charge in [-0.3, -0.25) is 4.79 Å². The minimum atomic E-state index is -0.729. The van der Waals surface area contributed by atoms with Crippen LogP contribution in [-0.4, -0.2) is 37.4 Å². The molecule has 4 atom stereocenters. The summed E-state index contributed by atoms with van der Waals surface area (Å²) < 4.78 is 17.4. The van der Waals surface area contributed by atoms with E-state index in [1.807, 2.05) is 37.3 Å². The van der Waals surface area contributed by atoms with Crippen LogP contribution in [0, 0.1) is 5.92 Å². The maximum absolute atomic E-state index is 12.0. The Hall–Kier alpha value is -1.14. The van der Waals surface area contributed by atoms with E-state index in [0.29, 0.717) is 13.2 Å². The van der Waals surface area contributed by atoms with Gasteiger partial charge in [0, 0.05) is 5.92 Å². The molecule has 1 heterocycles. The topological polar surface area (TPSA) is 70.8 Å². The third-order valence-corrected chi connectivity index (χ3v) is 4.46. The second-order valence-electron chi connectivity index (χ2n) is 6.43. The van der Waals surface area contributed by atoms with E-state index in [-0.39, 0.29) is 37.1 Å². The van der Waals surface area contributed by atoms with Crippen molar-refractivity contribution < 1.29 is 19.0 Å². The van der Waals surface area contributed by atoms with Crippen molar-refractivity contribution in [3.8, 4) is 0 Å². The van der Waals surface area contributed by atoms with Crippen LogP contribution in [0.3, 0.4) is 0 Å². The number of nitrogens with two attached hydrogens (primary N) is 1. The lowest BCUT2D eigenvalue weighted by Gasteiger charge is -2.30. The fourth-order valence-corrected chi connectivity index (χ4v) is 2.97. The monoisotopic (exact) mass is 371 g/mol. The molecule has 2 N–H and O–H groups in total. The second-order valence-corrected chi connectivity index (χ2v) is 6.43. The SMILES string of the molecule is CCCC[C@H]1[C@H](C)OC(=O)[C@@H](N)COC[C@@H]1OCc1ccccc1.Cl. The van der Waals surface area contributed by atoms with Crippen molar-refractivity contribution in [2.24, 2.45) is 11.7 Å². The quantitative estimate of drug-likeness (QED) is 0.778. The molecule has 1 aliphatic rings. The van der Waals surface area contributed by atoms with Crippen molar-refractivity contribution in [2.75, 3.05) is 13.2 Å². The van der Waals surface area contributed by atoms with Gasteiger partial charge in [-0.1, -0.05) is 50.1 Å². The lowest BCUT2D eigenvalue weighted by atomic mass is 9.91. The number of hydrogen-bond donors (Lipinski definition) is 1. The van der Waals surface area contributed by atoms with Gasteiger partial charge in [-0.2, -0.15) is 0 Å². The Balaban J connectivity index is 0.00000312. The fourth-order valence-electron chi connectivity index (χ4n) is 2.97. The molecule has 5 nitrogen and oxygen atoms in total. The summed E-state index contributed by atoms with van der Waals surface area (Å²) in [6, 6.07) is 9.33. The Kier molecular flexibility index (Phi) is 10.0. The van der Waals surface area contributed by atoms with Crippen molar-refractivity contribution in [3.63, 3.8) is 0 Å². The molecule has 0 saturated carbocycles. The average molecular weight is 372 g/mol. The van der Waals surface area contributed by atoms with E-state index in [0.717, 1.165) is 24.8 Å². The molecule has 0 aromatic heterocycles. The highest BCUT2D eigenvalue weighted by atomic mass is 35.5. The predicted octanol–water partition coefficient (Wildman–Crippen LogP) is 3.09. The molecule has 1 aromatic carbocycles. The number of halogens is 1. The largest absolute Gasteiger partial charge is 0.461 e. The molecule has 142 valence electrons. The van der Waals surface area contributed by atoms with Crippen LogP contribution in [0.25, 0.3) is 0 Å². The Morgan fingerprint density at radius 1 is 1.24 bits per heavy atom. The molecule has 1 aromatic rings. The van der Waals surface area contributed by atoms with Gasteiger partial charge in [0.15, 0.2) is 0 Å². The van der Waals surface area contributed by atoms with Crippen LogP contribution in [0.1, 0.15) is 38.7 Å². The summed E-state index contributed by atoms with van der Waals surface area (Å²) in [7, 11) is 0. The minimum absolute atomic E-state index is 0. The van der Waals surface area contributed by atoms with Gasteiger partial charge in [0.25, 0.3) is 0 Å². The van der Waals surface area contributed by atoms with Crippen LogP contribution in [0.5, 0.6) is 0 Å². The zero-order chi connectivity index (χ0) is 17.4. The Morgan fingerprint density at radius 3 is 2.64 bits per heavy atom. The number of carbonyl (C=O) groups is 1. The van der Waals surface area contributed by atoms with Crippen LogP contribution < -0.4 is 5.73 Å². The van der Waals surface area contributed by atoms with Crippen molar-refractivity contribution in [2.45, 2.75) is 58.0 Å². The minimum Gasteiger partial charge on any atom is -0.461 e. The van der Waals surface area contributed by atoms with Gasteiger partial charge in [-0.15, -0.1) is 12.4 Å². The fraction of sp³-hybridized carbons (Fsp3) is 0.632. The van der Waals surface area contributed by atoms with Crippen molar-refractivity contribution in [3.05, 3.63) is 35.9 Å². The van der Waals surface area contributed by atoms with Gasteiger partial charge in [0.05, 0.1) is 25.9 Å². The molecule has 25 heavy (non-hydrogen) atoms. The van der Waals surface area contributed by atoms with Gasteiger partial charge in [0.1, 0.15) is 12.1 Å². The number of hydrogen-bond acceptors (Lipinski definition) is 5. The number of unbranched alkanes of at least 4 members (excludes halogenated alkanes) is 1. The Morgan fingerprint density at radius 2 is 1.96 bits per heavy atom. The first kappa shape index (κ1) is 21.9. The summed E-state index contributed by atoms with van der Waals surface area (Å²) >= 11 is 0. The van der Waals surface area contributed by atoms with Crippen molar-refractivity contribution in [1.82, 2.24) is 0 Å². The van der Waals surface area contributed by atoms with Gasteiger partial charge < -0.3 is 19.9 Å². The molecule has 2 rings (SSSR count). The van der Waals surface area contributed by atoms with Crippen LogP contribution in [0.15, 0.2) is 30.3 Å². The molecular formula is C19H30ClNO4. The Bertz CT molecular complexity index is 499. The zero-order valence-electron chi connectivity index (χ0n) is 15.1. The van der Waals surface area contributed by atoms with E-state index >= 15 is 0 Å². The number of carbonyl (C=O) groups excluding carboxylic acids is 1. The number of benzene rings is 1. The molecule has 0 radical (unpaired) electrons. The first-order valence-electron chi connectivity index (χ1n) is 8.81. The molecule has 0 spiro atoms. The van der Waals surface area contributed by atoms with Crippen LogP contribution in [0.2, 0.25) is 0 Å².